The van der Waals surface area contributed by atoms with Crippen LogP contribution in [-0.4, -0.2) is 26.9 Å². The quantitative estimate of drug-likeness (QED) is 0.821. The number of anilines is 1. The molecule has 0 unspecified atom stereocenters. The van der Waals surface area contributed by atoms with E-state index in [1.165, 1.54) is 30.3 Å². The maximum Gasteiger partial charge on any atom is 0.264 e. The van der Waals surface area contributed by atoms with Gasteiger partial charge in [-0.05, 0) is 37.6 Å². The molecule has 0 saturated heterocycles. The van der Waals surface area contributed by atoms with Gasteiger partial charge in [-0.1, -0.05) is 37.3 Å². The van der Waals surface area contributed by atoms with E-state index in [4.69, 9.17) is 0 Å². The van der Waals surface area contributed by atoms with Gasteiger partial charge in [-0.25, -0.2) is 12.8 Å². The van der Waals surface area contributed by atoms with Crippen LogP contribution >= 0.6 is 0 Å². The van der Waals surface area contributed by atoms with E-state index in [-0.39, 0.29) is 16.6 Å². The molecule has 0 spiro atoms. The summed E-state index contributed by atoms with van der Waals surface area (Å²) in [5.74, 6) is -1.20. The molecule has 0 aliphatic heterocycles. The van der Waals surface area contributed by atoms with Crippen molar-refractivity contribution in [2.24, 2.45) is 0 Å². The summed E-state index contributed by atoms with van der Waals surface area (Å²) in [7, 11) is -4.08. The van der Waals surface area contributed by atoms with Crippen molar-refractivity contribution in [1.29, 1.82) is 0 Å². The van der Waals surface area contributed by atoms with Gasteiger partial charge in [-0.2, -0.15) is 0 Å². The number of rotatable bonds is 7. The summed E-state index contributed by atoms with van der Waals surface area (Å²) >= 11 is 0. The summed E-state index contributed by atoms with van der Waals surface area (Å²) in [6.45, 7) is 3.22. The highest BCUT2D eigenvalue weighted by molar-refractivity contribution is 7.92. The first-order valence-corrected chi connectivity index (χ1v) is 9.42. The molecule has 25 heavy (non-hydrogen) atoms. The monoisotopic (exact) mass is 364 g/mol. The maximum atomic E-state index is 14.2. The summed E-state index contributed by atoms with van der Waals surface area (Å²) < 4.78 is 40.9. The van der Waals surface area contributed by atoms with Crippen molar-refractivity contribution in [2.75, 3.05) is 10.8 Å². The number of hydrogen-bond acceptors (Lipinski definition) is 3. The van der Waals surface area contributed by atoms with E-state index < -0.39 is 28.3 Å². The number of carbonyl (C=O) groups is 1. The Labute approximate surface area is 147 Å². The highest BCUT2D eigenvalue weighted by atomic mass is 32.2. The zero-order chi connectivity index (χ0) is 18.4. The maximum absolute atomic E-state index is 14.2. The van der Waals surface area contributed by atoms with Crippen LogP contribution in [-0.2, 0) is 14.8 Å². The van der Waals surface area contributed by atoms with E-state index in [2.05, 4.69) is 5.32 Å². The van der Waals surface area contributed by atoms with Crippen LogP contribution in [0.15, 0.2) is 59.5 Å². The first kappa shape index (κ1) is 18.9. The highest BCUT2D eigenvalue weighted by Crippen LogP contribution is 2.25. The zero-order valence-electron chi connectivity index (χ0n) is 14.1. The zero-order valence-corrected chi connectivity index (χ0v) is 15.0. The lowest BCUT2D eigenvalue weighted by molar-refractivity contribution is -0.120. The van der Waals surface area contributed by atoms with Crippen molar-refractivity contribution in [2.45, 2.75) is 31.2 Å². The summed E-state index contributed by atoms with van der Waals surface area (Å²) in [5, 5.41) is 2.71. The molecule has 0 aliphatic carbocycles. The Bertz CT molecular complexity index is 825. The van der Waals surface area contributed by atoms with Gasteiger partial charge < -0.3 is 5.32 Å². The number of hydrogen-bond donors (Lipinski definition) is 1. The Hall–Kier alpha value is -2.41. The Kier molecular flexibility index (Phi) is 6.14. The van der Waals surface area contributed by atoms with Gasteiger partial charge in [0.25, 0.3) is 10.0 Å². The van der Waals surface area contributed by atoms with Gasteiger partial charge in [0.2, 0.25) is 5.91 Å². The molecule has 0 aliphatic rings. The van der Waals surface area contributed by atoms with Crippen LogP contribution in [0.25, 0.3) is 0 Å². The van der Waals surface area contributed by atoms with Crippen LogP contribution in [0.4, 0.5) is 10.1 Å². The molecule has 2 rings (SSSR count). The molecule has 0 fully saturated rings. The third-order valence-corrected chi connectivity index (χ3v) is 5.53. The normalized spacial score (nSPS) is 12.4. The van der Waals surface area contributed by atoms with E-state index in [0.29, 0.717) is 6.42 Å². The first-order chi connectivity index (χ1) is 11.9. The molecule has 0 radical (unpaired) electrons. The lowest BCUT2D eigenvalue weighted by atomic mass is 10.2. The molecule has 1 amide bonds. The van der Waals surface area contributed by atoms with Gasteiger partial charge in [-0.15, -0.1) is 0 Å². The van der Waals surface area contributed by atoms with Crippen molar-refractivity contribution < 1.29 is 17.6 Å². The fraction of sp³-hybridized carbons (Fsp3) is 0.278. The van der Waals surface area contributed by atoms with Crippen molar-refractivity contribution in [1.82, 2.24) is 5.32 Å². The van der Waals surface area contributed by atoms with Crippen LogP contribution in [0.1, 0.15) is 20.3 Å². The Morgan fingerprint density at radius 1 is 1.12 bits per heavy atom. The first-order valence-electron chi connectivity index (χ1n) is 7.98. The Morgan fingerprint density at radius 3 is 2.32 bits per heavy atom. The minimum atomic E-state index is -4.08. The number of nitrogens with zero attached hydrogens (tertiary/aromatic N) is 1. The molecule has 0 aromatic heterocycles. The molecule has 5 nitrogen and oxygen atoms in total. The molecule has 1 atom stereocenters. The topological polar surface area (TPSA) is 66.5 Å². The number of sulfonamides is 1. The van der Waals surface area contributed by atoms with Gasteiger partial charge in [0.15, 0.2) is 0 Å². The molecule has 2 aromatic carbocycles. The smallest absolute Gasteiger partial charge is 0.264 e. The molecular weight excluding hydrogens is 343 g/mol. The van der Waals surface area contributed by atoms with Crippen molar-refractivity contribution in [3.8, 4) is 0 Å². The van der Waals surface area contributed by atoms with Gasteiger partial charge >= 0.3 is 0 Å². The van der Waals surface area contributed by atoms with Gasteiger partial charge in [0.1, 0.15) is 12.4 Å². The average molecular weight is 364 g/mol. The van der Waals surface area contributed by atoms with Crippen molar-refractivity contribution in [3.05, 3.63) is 60.4 Å². The van der Waals surface area contributed by atoms with Crippen LogP contribution in [0.2, 0.25) is 0 Å². The number of carbonyl (C=O) groups excluding carboxylic acids is 1. The second-order valence-electron chi connectivity index (χ2n) is 5.65. The fourth-order valence-corrected chi connectivity index (χ4v) is 3.68. The van der Waals surface area contributed by atoms with Crippen molar-refractivity contribution in [3.63, 3.8) is 0 Å². The molecule has 0 bridgehead atoms. The fourth-order valence-electron chi connectivity index (χ4n) is 2.23. The molecule has 1 N–H and O–H groups in total. The minimum Gasteiger partial charge on any atom is -0.352 e. The largest absolute Gasteiger partial charge is 0.352 e. The van der Waals surface area contributed by atoms with E-state index in [1.54, 1.807) is 18.2 Å². The van der Waals surface area contributed by atoms with Crippen LogP contribution < -0.4 is 9.62 Å². The standard InChI is InChI=1S/C18H21FN2O3S/c1-3-14(2)20-18(22)13-21(17-12-8-7-11-16(17)19)25(23,24)15-9-5-4-6-10-15/h4-12,14H,3,13H2,1-2H3,(H,20,22)/t14-/m0/s1. The molecule has 0 saturated carbocycles. The molecule has 134 valence electrons. The van der Waals surface area contributed by atoms with E-state index in [1.807, 2.05) is 13.8 Å². The van der Waals surface area contributed by atoms with E-state index in [9.17, 15) is 17.6 Å². The summed E-state index contributed by atoms with van der Waals surface area (Å²) in [6, 6.07) is 13.0. The van der Waals surface area contributed by atoms with Gasteiger partial charge in [0, 0.05) is 6.04 Å². The molecule has 7 heteroatoms. The molecule has 2 aromatic rings. The highest BCUT2D eigenvalue weighted by Gasteiger charge is 2.29. The lowest BCUT2D eigenvalue weighted by Crippen LogP contribution is -2.43. The SMILES string of the molecule is CC[C@H](C)NC(=O)CN(c1ccccc1F)S(=O)(=O)c1ccccc1. The van der Waals surface area contributed by atoms with Gasteiger partial charge in [-0.3, -0.25) is 9.10 Å². The average Bonchev–Trinajstić information content (AvgIpc) is 2.61. The van der Waals surface area contributed by atoms with Crippen molar-refractivity contribution >= 4 is 21.6 Å². The number of halogens is 1. The second kappa shape index (κ2) is 8.11. The minimum absolute atomic E-state index is 0.00501. The van der Waals surface area contributed by atoms with Crippen LogP contribution in [0.3, 0.4) is 0 Å². The molecule has 0 heterocycles. The Balaban J connectivity index is 2.43. The summed E-state index contributed by atoms with van der Waals surface area (Å²) in [6.07, 6.45) is 0.705. The predicted octanol–water partition coefficient (Wildman–Crippen LogP) is 2.94. The number of benzene rings is 2. The number of para-hydroxylation sites is 1. The van der Waals surface area contributed by atoms with Crippen LogP contribution in [0.5, 0.6) is 0 Å². The molecular formula is C18H21FN2O3S. The Morgan fingerprint density at radius 2 is 1.72 bits per heavy atom. The van der Waals surface area contributed by atoms with E-state index >= 15 is 0 Å². The summed E-state index contributed by atoms with van der Waals surface area (Å²) in [5.41, 5.74) is -0.161. The summed E-state index contributed by atoms with van der Waals surface area (Å²) in [4.78, 5) is 12.2. The van der Waals surface area contributed by atoms with Gasteiger partial charge in [0.05, 0.1) is 10.6 Å². The number of amides is 1. The van der Waals surface area contributed by atoms with Crippen LogP contribution in [0, 0.1) is 5.82 Å². The second-order valence-corrected chi connectivity index (χ2v) is 7.52. The third-order valence-electron chi connectivity index (χ3n) is 3.76. The number of nitrogens with one attached hydrogen (secondary N) is 1. The third kappa shape index (κ3) is 4.57. The predicted molar refractivity (Wildman–Crippen MR) is 95.3 cm³/mol. The van der Waals surface area contributed by atoms with E-state index in [0.717, 1.165) is 10.4 Å². The lowest BCUT2D eigenvalue weighted by Gasteiger charge is -2.25.